The molecule has 1 atom stereocenters. The van der Waals surface area contributed by atoms with Crippen molar-refractivity contribution in [3.05, 3.63) is 33.8 Å². The first-order chi connectivity index (χ1) is 8.54. The molecule has 0 aliphatic heterocycles. The van der Waals surface area contributed by atoms with Gasteiger partial charge in [-0.05, 0) is 31.5 Å². The molecule has 0 bridgehead atoms. The highest BCUT2D eigenvalue weighted by Crippen LogP contribution is 2.22. The zero-order valence-corrected chi connectivity index (χ0v) is 13.2. The summed E-state index contributed by atoms with van der Waals surface area (Å²) < 4.78 is 5.11. The fraction of sp³-hybridized carbons (Fsp3) is 0.462. The van der Waals surface area contributed by atoms with Gasteiger partial charge in [-0.15, -0.1) is 12.4 Å². The Bertz CT molecular complexity index is 413. The van der Waals surface area contributed by atoms with Gasteiger partial charge in [0.15, 0.2) is 0 Å². The van der Waals surface area contributed by atoms with E-state index in [4.69, 9.17) is 27.9 Å². The van der Waals surface area contributed by atoms with Crippen LogP contribution >= 0.6 is 35.6 Å². The SMILES string of the molecule is CCC(C)NCCOC(=O)c1ccc(Cl)c(Cl)c1.Cl. The van der Waals surface area contributed by atoms with Gasteiger partial charge in [-0.3, -0.25) is 0 Å². The number of benzene rings is 1. The summed E-state index contributed by atoms with van der Waals surface area (Å²) in [5.74, 6) is -0.389. The number of hydrogen-bond acceptors (Lipinski definition) is 3. The second kappa shape index (κ2) is 9.43. The summed E-state index contributed by atoms with van der Waals surface area (Å²) >= 11 is 11.6. The Morgan fingerprint density at radius 3 is 2.63 bits per heavy atom. The molecule has 0 radical (unpaired) electrons. The maximum Gasteiger partial charge on any atom is 0.338 e. The monoisotopic (exact) mass is 325 g/mol. The number of esters is 1. The van der Waals surface area contributed by atoms with E-state index in [2.05, 4.69) is 19.2 Å². The van der Waals surface area contributed by atoms with Gasteiger partial charge in [-0.2, -0.15) is 0 Å². The molecule has 0 spiro atoms. The molecule has 0 amide bonds. The van der Waals surface area contributed by atoms with Gasteiger partial charge in [-0.25, -0.2) is 4.79 Å². The zero-order chi connectivity index (χ0) is 13.5. The van der Waals surface area contributed by atoms with Gasteiger partial charge in [-0.1, -0.05) is 30.1 Å². The van der Waals surface area contributed by atoms with Crippen molar-refractivity contribution in [3.63, 3.8) is 0 Å². The van der Waals surface area contributed by atoms with Crippen molar-refractivity contribution in [3.8, 4) is 0 Å². The van der Waals surface area contributed by atoms with Crippen molar-refractivity contribution in [2.45, 2.75) is 26.3 Å². The summed E-state index contributed by atoms with van der Waals surface area (Å²) in [6.45, 7) is 5.16. The Labute approximate surface area is 130 Å². The molecule has 3 nitrogen and oxygen atoms in total. The van der Waals surface area contributed by atoms with E-state index in [1.165, 1.54) is 6.07 Å². The quantitative estimate of drug-likeness (QED) is 0.635. The fourth-order valence-corrected chi connectivity index (χ4v) is 1.60. The van der Waals surface area contributed by atoms with Crippen LogP contribution in [0.2, 0.25) is 10.0 Å². The van der Waals surface area contributed by atoms with Crippen molar-refractivity contribution in [2.75, 3.05) is 13.2 Å². The number of carbonyl (C=O) groups is 1. The van der Waals surface area contributed by atoms with E-state index < -0.39 is 0 Å². The average molecular weight is 327 g/mol. The number of ether oxygens (including phenoxy) is 1. The van der Waals surface area contributed by atoms with Crippen LogP contribution in [0.1, 0.15) is 30.6 Å². The Kier molecular flexibility index (Phi) is 9.19. The van der Waals surface area contributed by atoms with E-state index in [1.807, 2.05) is 0 Å². The lowest BCUT2D eigenvalue weighted by Crippen LogP contribution is -2.29. The number of nitrogens with one attached hydrogen (secondary N) is 1. The van der Waals surface area contributed by atoms with E-state index in [9.17, 15) is 4.79 Å². The Morgan fingerprint density at radius 1 is 1.37 bits per heavy atom. The minimum atomic E-state index is -0.389. The standard InChI is InChI=1S/C13H17Cl2NO2.ClH/c1-3-9(2)16-6-7-18-13(17)10-4-5-11(14)12(15)8-10;/h4-5,8-9,16H,3,6-7H2,1-2H3;1H. The average Bonchev–Trinajstić information content (AvgIpc) is 2.37. The van der Waals surface area contributed by atoms with Gasteiger partial charge in [0.05, 0.1) is 15.6 Å². The van der Waals surface area contributed by atoms with Gasteiger partial charge >= 0.3 is 5.97 Å². The molecule has 0 aliphatic carbocycles. The van der Waals surface area contributed by atoms with Gasteiger partial charge < -0.3 is 10.1 Å². The lowest BCUT2D eigenvalue weighted by Gasteiger charge is -2.11. The molecule has 0 aromatic heterocycles. The lowest BCUT2D eigenvalue weighted by molar-refractivity contribution is 0.0506. The van der Waals surface area contributed by atoms with Crippen LogP contribution in [0, 0.1) is 0 Å². The molecule has 1 aromatic rings. The van der Waals surface area contributed by atoms with Crippen molar-refractivity contribution in [2.24, 2.45) is 0 Å². The summed E-state index contributed by atoms with van der Waals surface area (Å²) in [6.07, 6.45) is 1.04. The number of carbonyl (C=O) groups excluding carboxylic acids is 1. The van der Waals surface area contributed by atoms with Crippen LogP contribution in [0.4, 0.5) is 0 Å². The molecule has 0 saturated carbocycles. The third kappa shape index (κ3) is 6.48. The van der Waals surface area contributed by atoms with Crippen LogP contribution < -0.4 is 5.32 Å². The predicted octanol–water partition coefficient (Wildman–Crippen LogP) is 3.96. The maximum absolute atomic E-state index is 11.7. The van der Waals surface area contributed by atoms with Gasteiger partial charge in [0.2, 0.25) is 0 Å². The zero-order valence-electron chi connectivity index (χ0n) is 10.9. The normalized spacial score (nSPS) is 11.6. The molecule has 1 N–H and O–H groups in total. The van der Waals surface area contributed by atoms with Crippen molar-refractivity contribution < 1.29 is 9.53 Å². The molecule has 1 unspecified atom stereocenters. The summed E-state index contributed by atoms with van der Waals surface area (Å²) in [5.41, 5.74) is 0.410. The molecule has 0 heterocycles. The third-order valence-corrected chi connectivity index (χ3v) is 3.33. The van der Waals surface area contributed by atoms with Crippen LogP contribution in [0.15, 0.2) is 18.2 Å². The fourth-order valence-electron chi connectivity index (χ4n) is 1.30. The molecule has 19 heavy (non-hydrogen) atoms. The molecule has 6 heteroatoms. The van der Waals surface area contributed by atoms with E-state index in [-0.39, 0.29) is 18.4 Å². The summed E-state index contributed by atoms with van der Waals surface area (Å²) in [7, 11) is 0. The maximum atomic E-state index is 11.7. The second-order valence-electron chi connectivity index (χ2n) is 4.03. The first-order valence-electron chi connectivity index (χ1n) is 5.90. The van der Waals surface area contributed by atoms with E-state index in [0.29, 0.717) is 34.8 Å². The van der Waals surface area contributed by atoms with Crippen LogP contribution in [0.25, 0.3) is 0 Å². The van der Waals surface area contributed by atoms with Crippen molar-refractivity contribution >= 4 is 41.6 Å². The molecule has 1 rings (SSSR count). The smallest absolute Gasteiger partial charge is 0.338 e. The Balaban J connectivity index is 0.00000324. The molecule has 108 valence electrons. The predicted molar refractivity (Wildman–Crippen MR) is 81.7 cm³/mol. The van der Waals surface area contributed by atoms with Crippen LogP contribution in [0.3, 0.4) is 0 Å². The molecule has 0 saturated heterocycles. The van der Waals surface area contributed by atoms with Crippen LogP contribution in [-0.4, -0.2) is 25.2 Å². The molecule has 0 fully saturated rings. The van der Waals surface area contributed by atoms with Gasteiger partial charge in [0, 0.05) is 12.6 Å². The third-order valence-electron chi connectivity index (χ3n) is 2.60. The van der Waals surface area contributed by atoms with Gasteiger partial charge in [0.25, 0.3) is 0 Å². The van der Waals surface area contributed by atoms with Crippen LogP contribution in [-0.2, 0) is 4.74 Å². The largest absolute Gasteiger partial charge is 0.461 e. The van der Waals surface area contributed by atoms with E-state index in [1.54, 1.807) is 12.1 Å². The number of rotatable bonds is 6. The summed E-state index contributed by atoms with van der Waals surface area (Å²) in [4.78, 5) is 11.7. The minimum absolute atomic E-state index is 0. The number of halogens is 3. The van der Waals surface area contributed by atoms with Crippen molar-refractivity contribution in [1.82, 2.24) is 5.32 Å². The lowest BCUT2D eigenvalue weighted by atomic mass is 10.2. The summed E-state index contributed by atoms with van der Waals surface area (Å²) in [5, 5.41) is 4.01. The van der Waals surface area contributed by atoms with Crippen molar-refractivity contribution in [1.29, 1.82) is 0 Å². The molecule has 0 aliphatic rings. The minimum Gasteiger partial charge on any atom is -0.461 e. The molecule has 1 aromatic carbocycles. The highest BCUT2D eigenvalue weighted by molar-refractivity contribution is 6.42. The molecular weight excluding hydrogens is 309 g/mol. The first-order valence-corrected chi connectivity index (χ1v) is 6.65. The Morgan fingerprint density at radius 2 is 2.05 bits per heavy atom. The van der Waals surface area contributed by atoms with Gasteiger partial charge in [0.1, 0.15) is 6.61 Å². The number of hydrogen-bond donors (Lipinski definition) is 1. The second-order valence-corrected chi connectivity index (χ2v) is 4.84. The molecular formula is C13H18Cl3NO2. The highest BCUT2D eigenvalue weighted by Gasteiger charge is 2.09. The summed E-state index contributed by atoms with van der Waals surface area (Å²) in [6, 6.07) is 5.11. The van der Waals surface area contributed by atoms with E-state index in [0.717, 1.165) is 6.42 Å². The highest BCUT2D eigenvalue weighted by atomic mass is 35.5. The topological polar surface area (TPSA) is 38.3 Å². The Hall–Kier alpha value is -0.480. The van der Waals surface area contributed by atoms with Crippen LogP contribution in [0.5, 0.6) is 0 Å². The first kappa shape index (κ1) is 18.5. The van der Waals surface area contributed by atoms with E-state index >= 15 is 0 Å².